The first-order valence-electron chi connectivity index (χ1n) is 1.61. The average Bonchev–Trinajstić information content (AvgIpc) is 1.35. The number of rotatable bonds is 1. The van der Waals surface area contributed by atoms with Crippen LogP contribution in [-0.4, -0.2) is 5.97 Å². The third-order valence-corrected chi connectivity index (χ3v) is 0.303. The summed E-state index contributed by atoms with van der Waals surface area (Å²) in [6, 6.07) is 0. The smallest absolute Gasteiger partial charge is 0.545 e. The number of aliphatic carboxylic acids is 1. The Kier molecular flexibility index (Phi) is 9.09. The van der Waals surface area contributed by atoms with Crippen LogP contribution in [0.1, 0.15) is 6.92 Å². The molecule has 0 radical (unpaired) electrons. The van der Waals surface area contributed by atoms with Gasteiger partial charge >= 0.3 is 29.6 Å². The number of hydrogen-bond acceptors (Lipinski definition) is 2. The molecule has 0 rings (SSSR count). The van der Waals surface area contributed by atoms with Crippen molar-refractivity contribution in [2.24, 2.45) is 0 Å². The van der Waals surface area contributed by atoms with Crippen LogP contribution in [0.4, 0.5) is 0 Å². The number of allylic oxidation sites excluding steroid dienone is 1. The molecular weight excluding hydrogens is 103 g/mol. The molecular formula is C4H5NaO2. The van der Waals surface area contributed by atoms with Gasteiger partial charge < -0.3 is 9.90 Å². The molecule has 3 heteroatoms. The van der Waals surface area contributed by atoms with E-state index in [-0.39, 0.29) is 29.6 Å². The van der Waals surface area contributed by atoms with Crippen LogP contribution in [0.5, 0.6) is 0 Å². The second kappa shape index (κ2) is 6.21. The molecule has 0 atom stereocenters. The molecule has 34 valence electrons. The summed E-state index contributed by atoms with van der Waals surface area (Å²) < 4.78 is 0. The Labute approximate surface area is 64.5 Å². The van der Waals surface area contributed by atoms with Crippen molar-refractivity contribution < 1.29 is 39.5 Å². The number of carbonyl (C=O) groups is 1. The molecule has 0 saturated carbocycles. The molecule has 0 aliphatic heterocycles. The van der Waals surface area contributed by atoms with Crippen molar-refractivity contribution in [2.45, 2.75) is 6.92 Å². The maximum absolute atomic E-state index is 9.40. The monoisotopic (exact) mass is 108 g/mol. The van der Waals surface area contributed by atoms with Gasteiger partial charge in [0.2, 0.25) is 0 Å². The summed E-state index contributed by atoms with van der Waals surface area (Å²) in [5, 5.41) is 9.40. The molecule has 0 N–H and O–H groups in total. The molecule has 2 nitrogen and oxygen atoms in total. The molecule has 0 amide bonds. The van der Waals surface area contributed by atoms with Gasteiger partial charge in [-0.05, 0) is 13.0 Å². The normalized spacial score (nSPS) is 8.14. The molecule has 0 spiro atoms. The first-order valence-corrected chi connectivity index (χ1v) is 1.61. The summed E-state index contributed by atoms with van der Waals surface area (Å²) in [4.78, 5) is 9.40. The summed E-state index contributed by atoms with van der Waals surface area (Å²) in [5.41, 5.74) is 0. The van der Waals surface area contributed by atoms with Gasteiger partial charge in [0.1, 0.15) is 0 Å². The van der Waals surface area contributed by atoms with E-state index in [0.717, 1.165) is 6.08 Å². The molecule has 0 aromatic rings. The zero-order valence-electron chi connectivity index (χ0n) is 4.47. The topological polar surface area (TPSA) is 40.1 Å². The van der Waals surface area contributed by atoms with E-state index < -0.39 is 5.97 Å². The number of hydrogen-bond donors (Lipinski definition) is 0. The van der Waals surface area contributed by atoms with Gasteiger partial charge in [-0.15, -0.1) is 0 Å². The van der Waals surface area contributed by atoms with Gasteiger partial charge in [-0.1, -0.05) is 6.08 Å². The summed E-state index contributed by atoms with van der Waals surface area (Å²) in [5.74, 6) is -1.14. The van der Waals surface area contributed by atoms with Crippen molar-refractivity contribution in [1.82, 2.24) is 0 Å². The van der Waals surface area contributed by atoms with E-state index in [0.29, 0.717) is 0 Å². The third-order valence-electron chi connectivity index (χ3n) is 0.303. The van der Waals surface area contributed by atoms with Crippen molar-refractivity contribution in [3.8, 4) is 0 Å². The van der Waals surface area contributed by atoms with Crippen LogP contribution < -0.4 is 34.7 Å². The molecule has 0 unspecified atom stereocenters. The first-order chi connectivity index (χ1) is 2.77. The summed E-state index contributed by atoms with van der Waals surface area (Å²) in [6.45, 7) is 1.62. The van der Waals surface area contributed by atoms with Crippen LogP contribution in [-0.2, 0) is 4.79 Å². The van der Waals surface area contributed by atoms with E-state index in [1.807, 2.05) is 0 Å². The van der Waals surface area contributed by atoms with E-state index in [1.54, 1.807) is 6.92 Å². The minimum absolute atomic E-state index is 0. The molecule has 0 heterocycles. The quantitative estimate of drug-likeness (QED) is 0.256. The fourth-order valence-corrected chi connectivity index (χ4v) is 0.136. The molecule has 7 heavy (non-hydrogen) atoms. The fraction of sp³-hybridized carbons (Fsp3) is 0.250. The van der Waals surface area contributed by atoms with Crippen molar-refractivity contribution in [2.75, 3.05) is 0 Å². The van der Waals surface area contributed by atoms with Crippen molar-refractivity contribution in [3.05, 3.63) is 12.2 Å². The van der Waals surface area contributed by atoms with E-state index >= 15 is 0 Å². The second-order valence-electron chi connectivity index (χ2n) is 0.819. The van der Waals surface area contributed by atoms with Crippen LogP contribution in [0, 0.1) is 0 Å². The molecule has 0 aliphatic rings. The van der Waals surface area contributed by atoms with Crippen LogP contribution >= 0.6 is 0 Å². The van der Waals surface area contributed by atoms with Gasteiger partial charge in [-0.25, -0.2) is 0 Å². The standard InChI is InChI=1S/C4H6O2.Na/c1-2-3-4(5)6;/h2-3H,1H3,(H,5,6);/q;+1/p-1/b3-2+;. The maximum Gasteiger partial charge on any atom is 1.00 e. The molecule has 0 bridgehead atoms. The molecule has 0 aliphatic carbocycles. The summed E-state index contributed by atoms with van der Waals surface area (Å²) in [7, 11) is 0. The van der Waals surface area contributed by atoms with Gasteiger partial charge in [-0.2, -0.15) is 0 Å². The number of carbonyl (C=O) groups excluding carboxylic acids is 1. The Morgan fingerprint density at radius 1 is 1.71 bits per heavy atom. The Morgan fingerprint density at radius 3 is 2.14 bits per heavy atom. The second-order valence-corrected chi connectivity index (χ2v) is 0.819. The van der Waals surface area contributed by atoms with Crippen LogP contribution in [0.2, 0.25) is 0 Å². The van der Waals surface area contributed by atoms with E-state index in [1.165, 1.54) is 6.08 Å². The molecule has 0 saturated heterocycles. The van der Waals surface area contributed by atoms with Crippen molar-refractivity contribution in [3.63, 3.8) is 0 Å². The van der Waals surface area contributed by atoms with E-state index in [2.05, 4.69) is 0 Å². The SMILES string of the molecule is C/C=C/C(=O)[O-].[Na+]. The first kappa shape index (κ1) is 10.2. The van der Waals surface area contributed by atoms with Crippen molar-refractivity contribution >= 4 is 5.97 Å². The van der Waals surface area contributed by atoms with Gasteiger partial charge in [0, 0.05) is 0 Å². The van der Waals surface area contributed by atoms with Gasteiger partial charge in [0.15, 0.2) is 0 Å². The number of carboxylic acid groups (broad SMARTS) is 1. The predicted octanol–water partition coefficient (Wildman–Crippen LogP) is -3.68. The van der Waals surface area contributed by atoms with E-state index in [9.17, 15) is 9.90 Å². The van der Waals surface area contributed by atoms with E-state index in [4.69, 9.17) is 0 Å². The minimum atomic E-state index is -1.14. The maximum atomic E-state index is 9.40. The van der Waals surface area contributed by atoms with Gasteiger partial charge in [-0.3, -0.25) is 0 Å². The Balaban J connectivity index is 0. The molecule has 0 aromatic carbocycles. The summed E-state index contributed by atoms with van der Waals surface area (Å²) in [6.07, 6.45) is 2.38. The average molecular weight is 108 g/mol. The third kappa shape index (κ3) is 10.7. The van der Waals surface area contributed by atoms with Gasteiger partial charge in [0.25, 0.3) is 0 Å². The Morgan fingerprint density at radius 2 is 2.14 bits per heavy atom. The number of carboxylic acids is 1. The Hall–Kier alpha value is 0.210. The fourth-order valence-electron chi connectivity index (χ4n) is 0.136. The molecule has 0 aromatic heterocycles. The largest absolute Gasteiger partial charge is 1.00 e. The summed E-state index contributed by atoms with van der Waals surface area (Å²) >= 11 is 0. The Bertz CT molecular complexity index is 77.8. The van der Waals surface area contributed by atoms with Crippen molar-refractivity contribution in [1.29, 1.82) is 0 Å². The predicted molar refractivity (Wildman–Crippen MR) is 19.8 cm³/mol. The van der Waals surface area contributed by atoms with Crippen LogP contribution in [0.15, 0.2) is 12.2 Å². The van der Waals surface area contributed by atoms with Gasteiger partial charge in [0.05, 0.1) is 5.97 Å². The van der Waals surface area contributed by atoms with Crippen LogP contribution in [0.25, 0.3) is 0 Å². The zero-order chi connectivity index (χ0) is 4.99. The zero-order valence-corrected chi connectivity index (χ0v) is 6.47. The molecule has 0 fully saturated rings. The van der Waals surface area contributed by atoms with Crippen LogP contribution in [0.3, 0.4) is 0 Å². The minimum Gasteiger partial charge on any atom is -0.545 e.